The van der Waals surface area contributed by atoms with E-state index in [0.717, 1.165) is 31.6 Å². The van der Waals surface area contributed by atoms with Gasteiger partial charge in [-0.3, -0.25) is 4.98 Å². The second kappa shape index (κ2) is 4.07. The summed E-state index contributed by atoms with van der Waals surface area (Å²) in [6.07, 6.45) is 4.10. The first kappa shape index (κ1) is 9.62. The minimum Gasteiger partial charge on any atom is -0.396 e. The van der Waals surface area contributed by atoms with Gasteiger partial charge in [0.05, 0.1) is 5.69 Å². The summed E-state index contributed by atoms with van der Waals surface area (Å²) in [4.78, 5) is 4.22. The lowest BCUT2D eigenvalue weighted by atomic mass is 10.1. The summed E-state index contributed by atoms with van der Waals surface area (Å²) in [5.74, 6) is 0. The van der Waals surface area contributed by atoms with Crippen molar-refractivity contribution in [2.45, 2.75) is 19.4 Å². The van der Waals surface area contributed by atoms with Crippen LogP contribution < -0.4 is 5.32 Å². The van der Waals surface area contributed by atoms with E-state index in [2.05, 4.69) is 10.3 Å². The Kier molecular flexibility index (Phi) is 2.79. The summed E-state index contributed by atoms with van der Waals surface area (Å²) in [5, 5.41) is 12.4. The summed E-state index contributed by atoms with van der Waals surface area (Å²) in [5.41, 5.74) is 1.25. The lowest BCUT2D eigenvalue weighted by Crippen LogP contribution is -2.26. The Labute approximate surface area is 84.2 Å². The Morgan fingerprint density at radius 2 is 2.29 bits per heavy atom. The van der Waals surface area contributed by atoms with Crippen LogP contribution in [0.15, 0.2) is 24.4 Å². The highest BCUT2D eigenvalue weighted by Gasteiger charge is 2.41. The van der Waals surface area contributed by atoms with E-state index in [4.69, 9.17) is 5.11 Å². The monoisotopic (exact) mass is 192 g/mol. The average molecular weight is 192 g/mol. The first-order chi connectivity index (χ1) is 6.85. The van der Waals surface area contributed by atoms with Gasteiger partial charge in [-0.1, -0.05) is 6.07 Å². The van der Waals surface area contributed by atoms with Gasteiger partial charge < -0.3 is 10.4 Å². The summed E-state index contributed by atoms with van der Waals surface area (Å²) in [6.45, 7) is 2.00. The highest BCUT2D eigenvalue weighted by molar-refractivity contribution is 5.03. The zero-order valence-electron chi connectivity index (χ0n) is 8.24. The maximum Gasteiger partial charge on any atom is 0.0541 e. The van der Waals surface area contributed by atoms with Crippen molar-refractivity contribution in [1.29, 1.82) is 0 Å². The maximum absolute atomic E-state index is 9.10. The smallest absolute Gasteiger partial charge is 0.0541 e. The number of nitrogens with zero attached hydrogens (tertiary/aromatic N) is 1. The molecule has 0 unspecified atom stereocenters. The Bertz CT molecular complexity index is 283. The van der Waals surface area contributed by atoms with Gasteiger partial charge in [0.15, 0.2) is 0 Å². The SMILES string of the molecule is OCC1(CNCc2ccccn2)CC1. The van der Waals surface area contributed by atoms with Crippen LogP contribution in [0.3, 0.4) is 0 Å². The van der Waals surface area contributed by atoms with Crippen LogP contribution in [0.1, 0.15) is 18.5 Å². The molecule has 1 saturated carbocycles. The third kappa shape index (κ3) is 2.30. The topological polar surface area (TPSA) is 45.1 Å². The number of rotatable bonds is 5. The van der Waals surface area contributed by atoms with E-state index >= 15 is 0 Å². The van der Waals surface area contributed by atoms with E-state index in [9.17, 15) is 0 Å². The predicted octanol–water partition coefficient (Wildman–Crippen LogP) is 0.944. The fourth-order valence-corrected chi connectivity index (χ4v) is 1.53. The molecular formula is C11H16N2O. The molecule has 1 heterocycles. The third-order valence-corrected chi connectivity index (χ3v) is 2.82. The van der Waals surface area contributed by atoms with Crippen molar-refractivity contribution in [3.8, 4) is 0 Å². The van der Waals surface area contributed by atoms with E-state index < -0.39 is 0 Å². The first-order valence-electron chi connectivity index (χ1n) is 5.06. The molecule has 1 fully saturated rings. The van der Waals surface area contributed by atoms with Crippen LogP contribution in [-0.4, -0.2) is 23.2 Å². The second-order valence-corrected chi connectivity index (χ2v) is 4.08. The van der Waals surface area contributed by atoms with Crippen molar-refractivity contribution in [2.75, 3.05) is 13.2 Å². The van der Waals surface area contributed by atoms with Gasteiger partial charge in [0.2, 0.25) is 0 Å². The number of hydrogen-bond acceptors (Lipinski definition) is 3. The van der Waals surface area contributed by atoms with Crippen molar-refractivity contribution < 1.29 is 5.11 Å². The Morgan fingerprint density at radius 3 is 2.86 bits per heavy atom. The zero-order chi connectivity index (χ0) is 9.86. The number of aromatic nitrogens is 1. The molecule has 1 aliphatic carbocycles. The second-order valence-electron chi connectivity index (χ2n) is 4.08. The molecule has 0 bridgehead atoms. The Hall–Kier alpha value is -0.930. The standard InChI is InChI=1S/C11H16N2O/c14-9-11(4-5-11)8-12-7-10-3-1-2-6-13-10/h1-3,6,12,14H,4-5,7-9H2. The van der Waals surface area contributed by atoms with Gasteiger partial charge in [0.25, 0.3) is 0 Å². The van der Waals surface area contributed by atoms with Crippen LogP contribution in [-0.2, 0) is 6.54 Å². The lowest BCUT2D eigenvalue weighted by Gasteiger charge is -2.11. The van der Waals surface area contributed by atoms with Crippen molar-refractivity contribution in [3.63, 3.8) is 0 Å². The molecule has 14 heavy (non-hydrogen) atoms. The Morgan fingerprint density at radius 1 is 1.43 bits per heavy atom. The van der Waals surface area contributed by atoms with Crippen LogP contribution >= 0.6 is 0 Å². The largest absolute Gasteiger partial charge is 0.396 e. The van der Waals surface area contributed by atoms with Gasteiger partial charge in [-0.05, 0) is 25.0 Å². The number of nitrogens with one attached hydrogen (secondary N) is 1. The fourth-order valence-electron chi connectivity index (χ4n) is 1.53. The molecule has 0 aromatic carbocycles. The molecule has 0 aliphatic heterocycles. The van der Waals surface area contributed by atoms with E-state index in [1.54, 1.807) is 6.20 Å². The van der Waals surface area contributed by atoms with Gasteiger partial charge in [-0.2, -0.15) is 0 Å². The van der Waals surface area contributed by atoms with Crippen LogP contribution in [0.2, 0.25) is 0 Å². The first-order valence-corrected chi connectivity index (χ1v) is 5.06. The van der Waals surface area contributed by atoms with E-state index in [-0.39, 0.29) is 5.41 Å². The van der Waals surface area contributed by atoms with Crippen LogP contribution in [0.4, 0.5) is 0 Å². The molecule has 3 nitrogen and oxygen atoms in total. The summed E-state index contributed by atoms with van der Waals surface area (Å²) in [7, 11) is 0. The molecular weight excluding hydrogens is 176 g/mol. The molecule has 0 saturated heterocycles. The van der Waals surface area contributed by atoms with Crippen molar-refractivity contribution in [3.05, 3.63) is 30.1 Å². The average Bonchev–Trinajstić information content (AvgIpc) is 3.00. The Balaban J connectivity index is 1.73. The molecule has 1 aliphatic rings. The molecule has 0 amide bonds. The van der Waals surface area contributed by atoms with E-state index in [1.165, 1.54) is 0 Å². The molecule has 2 N–H and O–H groups in total. The molecule has 1 aromatic rings. The predicted molar refractivity (Wildman–Crippen MR) is 54.7 cm³/mol. The highest BCUT2D eigenvalue weighted by Crippen LogP contribution is 2.44. The van der Waals surface area contributed by atoms with Crippen LogP contribution in [0.5, 0.6) is 0 Å². The van der Waals surface area contributed by atoms with Crippen molar-refractivity contribution in [2.24, 2.45) is 5.41 Å². The number of aliphatic hydroxyl groups excluding tert-OH is 1. The normalized spacial score (nSPS) is 18.1. The van der Waals surface area contributed by atoms with E-state index in [0.29, 0.717) is 6.61 Å². The summed E-state index contributed by atoms with van der Waals surface area (Å²) >= 11 is 0. The third-order valence-electron chi connectivity index (χ3n) is 2.82. The molecule has 0 spiro atoms. The van der Waals surface area contributed by atoms with Crippen LogP contribution in [0, 0.1) is 5.41 Å². The van der Waals surface area contributed by atoms with Crippen molar-refractivity contribution in [1.82, 2.24) is 10.3 Å². The molecule has 0 radical (unpaired) electrons. The maximum atomic E-state index is 9.10. The number of hydrogen-bond donors (Lipinski definition) is 2. The minimum atomic E-state index is 0.189. The van der Waals surface area contributed by atoms with Gasteiger partial charge >= 0.3 is 0 Å². The fraction of sp³-hybridized carbons (Fsp3) is 0.545. The van der Waals surface area contributed by atoms with Gasteiger partial charge in [-0.25, -0.2) is 0 Å². The number of pyridine rings is 1. The van der Waals surface area contributed by atoms with Crippen molar-refractivity contribution >= 4 is 0 Å². The quantitative estimate of drug-likeness (QED) is 0.730. The minimum absolute atomic E-state index is 0.189. The van der Waals surface area contributed by atoms with Gasteiger partial charge in [-0.15, -0.1) is 0 Å². The molecule has 3 heteroatoms. The number of aliphatic hydroxyl groups is 1. The van der Waals surface area contributed by atoms with Gasteiger partial charge in [0, 0.05) is 31.3 Å². The zero-order valence-corrected chi connectivity index (χ0v) is 8.24. The summed E-state index contributed by atoms with van der Waals surface area (Å²) < 4.78 is 0. The molecule has 76 valence electrons. The van der Waals surface area contributed by atoms with E-state index in [1.807, 2.05) is 18.2 Å². The molecule has 1 aromatic heterocycles. The molecule has 2 rings (SSSR count). The van der Waals surface area contributed by atoms with Crippen LogP contribution in [0.25, 0.3) is 0 Å². The molecule has 0 atom stereocenters. The summed E-state index contributed by atoms with van der Waals surface area (Å²) in [6, 6.07) is 5.91. The highest BCUT2D eigenvalue weighted by atomic mass is 16.3. The van der Waals surface area contributed by atoms with Gasteiger partial charge in [0.1, 0.15) is 0 Å². The lowest BCUT2D eigenvalue weighted by molar-refractivity contribution is 0.207.